The SMILES string of the molecule is CN(C)S(=O)(=O)Nc1cccc(-c2nc3cccnc3s2)c1. The average Bonchev–Trinajstić information content (AvgIpc) is 2.91. The largest absolute Gasteiger partial charge is 0.301 e. The molecule has 3 aromatic rings. The van der Waals surface area contributed by atoms with Gasteiger partial charge in [-0.1, -0.05) is 23.5 Å². The smallest absolute Gasteiger partial charge is 0.271 e. The third kappa shape index (κ3) is 2.94. The minimum atomic E-state index is -3.52. The Labute approximate surface area is 132 Å². The van der Waals surface area contributed by atoms with Crippen molar-refractivity contribution >= 4 is 37.6 Å². The van der Waals surface area contributed by atoms with Gasteiger partial charge in [0.25, 0.3) is 0 Å². The molecule has 0 saturated carbocycles. The molecule has 0 fully saturated rings. The van der Waals surface area contributed by atoms with Crippen LogP contribution in [0.3, 0.4) is 0 Å². The highest BCUT2D eigenvalue weighted by Crippen LogP contribution is 2.30. The maximum atomic E-state index is 11.9. The van der Waals surface area contributed by atoms with Crippen molar-refractivity contribution in [2.45, 2.75) is 0 Å². The van der Waals surface area contributed by atoms with E-state index >= 15 is 0 Å². The van der Waals surface area contributed by atoms with E-state index in [0.717, 1.165) is 25.2 Å². The topological polar surface area (TPSA) is 75.2 Å². The third-order valence-corrected chi connectivity index (χ3v) is 5.49. The monoisotopic (exact) mass is 334 g/mol. The molecule has 2 aromatic heterocycles. The van der Waals surface area contributed by atoms with Crippen molar-refractivity contribution < 1.29 is 8.42 Å². The molecule has 0 bridgehead atoms. The quantitative estimate of drug-likeness (QED) is 0.796. The molecule has 0 aliphatic rings. The van der Waals surface area contributed by atoms with Gasteiger partial charge in [0.15, 0.2) is 0 Å². The van der Waals surface area contributed by atoms with Crippen LogP contribution in [0.25, 0.3) is 20.9 Å². The number of nitrogens with zero attached hydrogens (tertiary/aromatic N) is 3. The summed E-state index contributed by atoms with van der Waals surface area (Å²) in [7, 11) is -0.566. The Hall–Kier alpha value is -2.03. The molecule has 0 amide bonds. The van der Waals surface area contributed by atoms with Crippen molar-refractivity contribution in [3.05, 3.63) is 42.6 Å². The van der Waals surface area contributed by atoms with Gasteiger partial charge in [-0.2, -0.15) is 12.7 Å². The summed E-state index contributed by atoms with van der Waals surface area (Å²) in [4.78, 5) is 9.65. The number of benzene rings is 1. The number of hydrogen-bond acceptors (Lipinski definition) is 5. The van der Waals surface area contributed by atoms with Crippen LogP contribution in [0, 0.1) is 0 Å². The second-order valence-corrected chi connectivity index (χ2v) is 7.68. The molecule has 0 aliphatic carbocycles. The lowest BCUT2D eigenvalue weighted by molar-refractivity contribution is 0.527. The van der Waals surface area contributed by atoms with E-state index in [1.165, 1.54) is 25.4 Å². The van der Waals surface area contributed by atoms with Crippen LogP contribution in [-0.2, 0) is 10.2 Å². The highest BCUT2D eigenvalue weighted by Gasteiger charge is 2.14. The zero-order chi connectivity index (χ0) is 15.7. The van der Waals surface area contributed by atoms with Crippen molar-refractivity contribution in [1.82, 2.24) is 14.3 Å². The lowest BCUT2D eigenvalue weighted by Crippen LogP contribution is -2.28. The standard InChI is InChI=1S/C14H14N4O2S2/c1-18(2)22(19,20)17-11-6-3-5-10(9-11)13-16-12-7-4-8-15-14(12)21-13/h3-9,17H,1-2H3. The van der Waals surface area contributed by atoms with Crippen molar-refractivity contribution in [2.24, 2.45) is 0 Å². The number of pyridine rings is 1. The molecule has 0 unspecified atom stereocenters. The van der Waals surface area contributed by atoms with Crippen LogP contribution in [0.2, 0.25) is 0 Å². The Kier molecular flexibility index (Phi) is 3.81. The fraction of sp³-hybridized carbons (Fsp3) is 0.143. The first-order chi connectivity index (χ1) is 10.5. The van der Waals surface area contributed by atoms with Crippen LogP contribution < -0.4 is 4.72 Å². The predicted octanol–water partition coefficient (Wildman–Crippen LogP) is 2.58. The van der Waals surface area contributed by atoms with Crippen LogP contribution in [-0.4, -0.2) is 36.8 Å². The van der Waals surface area contributed by atoms with Crippen LogP contribution in [0.15, 0.2) is 42.6 Å². The summed E-state index contributed by atoms with van der Waals surface area (Å²) in [5, 5.41) is 0.805. The van der Waals surface area contributed by atoms with Gasteiger partial charge in [0, 0.05) is 25.9 Å². The Morgan fingerprint density at radius 3 is 2.73 bits per heavy atom. The van der Waals surface area contributed by atoms with Gasteiger partial charge in [-0.3, -0.25) is 4.72 Å². The number of aromatic nitrogens is 2. The average molecular weight is 334 g/mol. The summed E-state index contributed by atoms with van der Waals surface area (Å²) in [6.07, 6.45) is 1.73. The van der Waals surface area contributed by atoms with Gasteiger partial charge in [0.2, 0.25) is 0 Å². The molecular weight excluding hydrogens is 320 g/mol. The van der Waals surface area contributed by atoms with Crippen molar-refractivity contribution in [2.75, 3.05) is 18.8 Å². The Morgan fingerprint density at radius 2 is 2.00 bits per heavy atom. The van der Waals surface area contributed by atoms with E-state index in [0.29, 0.717) is 5.69 Å². The molecule has 0 saturated heterocycles. The second kappa shape index (κ2) is 5.64. The number of fused-ring (bicyclic) bond motifs is 1. The lowest BCUT2D eigenvalue weighted by Gasteiger charge is -2.13. The first-order valence-corrected chi connectivity index (χ1v) is 8.73. The third-order valence-electron chi connectivity index (χ3n) is 3.00. The first kappa shape index (κ1) is 14.9. The summed E-state index contributed by atoms with van der Waals surface area (Å²) >= 11 is 1.47. The zero-order valence-electron chi connectivity index (χ0n) is 12.0. The highest BCUT2D eigenvalue weighted by atomic mass is 32.2. The summed E-state index contributed by atoms with van der Waals surface area (Å²) in [6, 6.07) is 10.9. The molecule has 2 heterocycles. The van der Waals surface area contributed by atoms with Gasteiger partial charge >= 0.3 is 10.2 Å². The molecule has 1 aromatic carbocycles. The fourth-order valence-corrected chi connectivity index (χ4v) is 3.36. The maximum absolute atomic E-state index is 11.9. The maximum Gasteiger partial charge on any atom is 0.301 e. The fourth-order valence-electron chi connectivity index (χ4n) is 1.85. The first-order valence-electron chi connectivity index (χ1n) is 6.48. The zero-order valence-corrected chi connectivity index (χ0v) is 13.6. The molecule has 6 nitrogen and oxygen atoms in total. The number of thiazole rings is 1. The molecule has 0 atom stereocenters. The van der Waals surface area contributed by atoms with E-state index in [9.17, 15) is 8.42 Å². The van der Waals surface area contributed by atoms with Crippen LogP contribution in [0.5, 0.6) is 0 Å². The minimum Gasteiger partial charge on any atom is -0.271 e. The van der Waals surface area contributed by atoms with Gasteiger partial charge in [-0.15, -0.1) is 0 Å². The summed E-state index contributed by atoms with van der Waals surface area (Å²) < 4.78 is 27.4. The predicted molar refractivity (Wildman–Crippen MR) is 89.1 cm³/mol. The van der Waals surface area contributed by atoms with Gasteiger partial charge < -0.3 is 0 Å². The minimum absolute atomic E-state index is 0.499. The van der Waals surface area contributed by atoms with E-state index < -0.39 is 10.2 Å². The Bertz CT molecular complexity index is 886. The van der Waals surface area contributed by atoms with E-state index in [1.54, 1.807) is 24.4 Å². The van der Waals surface area contributed by atoms with Gasteiger partial charge in [0.1, 0.15) is 15.4 Å². The van der Waals surface area contributed by atoms with Crippen molar-refractivity contribution in [3.8, 4) is 10.6 Å². The van der Waals surface area contributed by atoms with Gasteiger partial charge in [-0.25, -0.2) is 9.97 Å². The molecular formula is C14H14N4O2S2. The number of rotatable bonds is 4. The normalized spacial score (nSPS) is 12.0. The van der Waals surface area contributed by atoms with Crippen LogP contribution >= 0.6 is 11.3 Å². The molecule has 3 rings (SSSR count). The van der Waals surface area contributed by atoms with Gasteiger partial charge in [-0.05, 0) is 24.3 Å². The molecule has 1 N–H and O–H groups in total. The van der Waals surface area contributed by atoms with Crippen molar-refractivity contribution in [3.63, 3.8) is 0 Å². The van der Waals surface area contributed by atoms with E-state index in [-0.39, 0.29) is 0 Å². The van der Waals surface area contributed by atoms with Gasteiger partial charge in [0.05, 0.1) is 5.69 Å². The highest BCUT2D eigenvalue weighted by molar-refractivity contribution is 7.90. The Balaban J connectivity index is 1.97. The summed E-state index contributed by atoms with van der Waals surface area (Å²) in [6.45, 7) is 0. The second-order valence-electron chi connectivity index (χ2n) is 4.82. The van der Waals surface area contributed by atoms with Crippen molar-refractivity contribution in [1.29, 1.82) is 0 Å². The van der Waals surface area contributed by atoms with E-state index in [4.69, 9.17) is 0 Å². The van der Waals surface area contributed by atoms with Crippen LogP contribution in [0.4, 0.5) is 5.69 Å². The number of anilines is 1. The summed E-state index contributed by atoms with van der Waals surface area (Å²) in [5.74, 6) is 0. The van der Waals surface area contributed by atoms with E-state index in [1.807, 2.05) is 18.2 Å². The molecule has 0 aliphatic heterocycles. The molecule has 114 valence electrons. The molecule has 0 spiro atoms. The number of hydrogen-bond donors (Lipinski definition) is 1. The number of nitrogens with one attached hydrogen (secondary N) is 1. The molecule has 0 radical (unpaired) electrons. The van der Waals surface area contributed by atoms with E-state index in [2.05, 4.69) is 14.7 Å². The molecule has 8 heteroatoms. The molecule has 22 heavy (non-hydrogen) atoms. The Morgan fingerprint density at radius 1 is 1.18 bits per heavy atom. The van der Waals surface area contributed by atoms with Crippen LogP contribution in [0.1, 0.15) is 0 Å². The lowest BCUT2D eigenvalue weighted by atomic mass is 10.2. The summed E-state index contributed by atoms with van der Waals surface area (Å²) in [5.41, 5.74) is 2.18.